The Morgan fingerprint density at radius 2 is 2.16 bits per heavy atom. The van der Waals surface area contributed by atoms with Crippen molar-refractivity contribution >= 4 is 23.0 Å². The van der Waals surface area contributed by atoms with Crippen molar-refractivity contribution in [3.05, 3.63) is 45.7 Å². The molecule has 0 N–H and O–H groups in total. The van der Waals surface area contributed by atoms with E-state index < -0.39 is 0 Å². The largest absolute Gasteiger partial charge is 0.335 e. The van der Waals surface area contributed by atoms with Gasteiger partial charge in [0.2, 0.25) is 0 Å². The minimum atomic E-state index is -0.210. The summed E-state index contributed by atoms with van der Waals surface area (Å²) in [5.74, 6) is 0.218. The molecule has 0 radical (unpaired) electrons. The highest BCUT2D eigenvalue weighted by molar-refractivity contribution is 7.10. The summed E-state index contributed by atoms with van der Waals surface area (Å²) in [6.45, 7) is 6.58. The number of rotatable bonds is 3. The van der Waals surface area contributed by atoms with Gasteiger partial charge in [-0.3, -0.25) is 4.79 Å². The van der Waals surface area contributed by atoms with Crippen LogP contribution >= 0.6 is 11.3 Å². The Balaban J connectivity index is 1.92. The average Bonchev–Trinajstić information content (AvgIpc) is 3.20. The molecule has 0 aromatic carbocycles. The molecular formula is C17H18N6OS. The van der Waals surface area contributed by atoms with Crippen molar-refractivity contribution in [2.24, 2.45) is 0 Å². The molecule has 0 bridgehead atoms. The normalized spacial score (nSPS) is 11.5. The van der Waals surface area contributed by atoms with Gasteiger partial charge in [0.25, 0.3) is 11.7 Å². The van der Waals surface area contributed by atoms with Crippen molar-refractivity contribution in [3.63, 3.8) is 0 Å². The number of carbonyl (C=O) groups excluding carboxylic acids is 1. The molecule has 3 aromatic rings. The third-order valence-corrected chi connectivity index (χ3v) is 4.68. The maximum Gasteiger partial charge on any atom is 0.272 e. The van der Waals surface area contributed by atoms with Gasteiger partial charge >= 0.3 is 0 Å². The smallest absolute Gasteiger partial charge is 0.272 e. The van der Waals surface area contributed by atoms with Crippen LogP contribution in [0.4, 0.5) is 0 Å². The fourth-order valence-electron chi connectivity index (χ4n) is 2.48. The first-order valence-electron chi connectivity index (χ1n) is 7.74. The molecule has 0 aliphatic heterocycles. The van der Waals surface area contributed by atoms with Crippen molar-refractivity contribution in [1.82, 2.24) is 24.5 Å². The van der Waals surface area contributed by atoms with E-state index in [1.807, 2.05) is 0 Å². The number of amides is 1. The van der Waals surface area contributed by atoms with E-state index in [9.17, 15) is 4.79 Å². The lowest BCUT2D eigenvalue weighted by Gasteiger charge is -2.21. The number of nitrogens with zero attached hydrogens (tertiary/aromatic N) is 6. The summed E-state index contributed by atoms with van der Waals surface area (Å²) in [5.41, 5.74) is 1.61. The molecule has 8 heteroatoms. The minimum absolute atomic E-state index is 0.192. The standard InChI is InChI=1S/C17H18N6OS/c1-17(2,3)14-6-13(21-16-19-10-20-23(14)16)15(24)22(4)8-12-5-11(7-18)9-25-12/h5-6,9-10H,8H2,1-4H3. The van der Waals surface area contributed by atoms with Crippen molar-refractivity contribution in [2.75, 3.05) is 7.05 Å². The predicted molar refractivity (Wildman–Crippen MR) is 94.3 cm³/mol. The molecule has 7 nitrogen and oxygen atoms in total. The van der Waals surface area contributed by atoms with Crippen LogP contribution in [0.15, 0.2) is 23.8 Å². The highest BCUT2D eigenvalue weighted by Gasteiger charge is 2.23. The molecule has 3 rings (SSSR count). The van der Waals surface area contributed by atoms with Gasteiger partial charge in [0.15, 0.2) is 0 Å². The maximum atomic E-state index is 12.8. The SMILES string of the molecule is CN(Cc1cc(C#N)cs1)C(=O)c1cc(C(C)(C)C)n2ncnc2n1. The number of nitriles is 1. The van der Waals surface area contributed by atoms with Crippen LogP contribution in [0, 0.1) is 11.3 Å². The number of fused-ring (bicyclic) bond motifs is 1. The molecule has 0 atom stereocenters. The van der Waals surface area contributed by atoms with Crippen LogP contribution in [-0.4, -0.2) is 37.4 Å². The summed E-state index contributed by atoms with van der Waals surface area (Å²) >= 11 is 1.46. The third kappa shape index (κ3) is 3.37. The van der Waals surface area contributed by atoms with Crippen molar-refractivity contribution in [2.45, 2.75) is 32.7 Å². The van der Waals surface area contributed by atoms with E-state index in [2.05, 4.69) is 41.9 Å². The second kappa shape index (κ2) is 6.26. The summed E-state index contributed by atoms with van der Waals surface area (Å²) in [6.07, 6.45) is 1.44. The fraction of sp³-hybridized carbons (Fsp3) is 0.353. The van der Waals surface area contributed by atoms with E-state index in [0.29, 0.717) is 23.6 Å². The van der Waals surface area contributed by atoms with Gasteiger partial charge in [-0.1, -0.05) is 20.8 Å². The zero-order valence-electron chi connectivity index (χ0n) is 14.5. The molecule has 0 unspecified atom stereocenters. The lowest BCUT2D eigenvalue weighted by molar-refractivity contribution is 0.0780. The monoisotopic (exact) mass is 354 g/mol. The van der Waals surface area contributed by atoms with Crippen LogP contribution in [-0.2, 0) is 12.0 Å². The molecule has 0 aliphatic carbocycles. The molecule has 1 amide bonds. The lowest BCUT2D eigenvalue weighted by Crippen LogP contribution is -2.28. The Morgan fingerprint density at radius 3 is 2.80 bits per heavy atom. The Labute approximate surface area is 149 Å². The number of aromatic nitrogens is 4. The molecule has 0 aliphatic rings. The lowest BCUT2D eigenvalue weighted by atomic mass is 9.91. The quantitative estimate of drug-likeness (QED) is 0.721. The summed E-state index contributed by atoms with van der Waals surface area (Å²) < 4.78 is 1.66. The minimum Gasteiger partial charge on any atom is -0.335 e. The first kappa shape index (κ1) is 17.0. The van der Waals surface area contributed by atoms with Gasteiger partial charge in [0.05, 0.1) is 17.8 Å². The van der Waals surface area contributed by atoms with Crippen LogP contribution in [0.3, 0.4) is 0 Å². The van der Waals surface area contributed by atoms with Crippen molar-refractivity contribution < 1.29 is 4.79 Å². The fourth-order valence-corrected chi connectivity index (χ4v) is 3.34. The molecule has 25 heavy (non-hydrogen) atoms. The summed E-state index contributed by atoms with van der Waals surface area (Å²) in [5, 5.41) is 14.9. The molecular weight excluding hydrogens is 336 g/mol. The van der Waals surface area contributed by atoms with Crippen LogP contribution in [0.1, 0.15) is 47.4 Å². The van der Waals surface area contributed by atoms with Crippen molar-refractivity contribution in [3.8, 4) is 6.07 Å². The van der Waals surface area contributed by atoms with Gasteiger partial charge < -0.3 is 4.90 Å². The van der Waals surface area contributed by atoms with Crippen LogP contribution in [0.2, 0.25) is 0 Å². The molecule has 128 valence electrons. The third-order valence-electron chi connectivity index (χ3n) is 3.76. The zero-order valence-corrected chi connectivity index (χ0v) is 15.3. The van der Waals surface area contributed by atoms with E-state index in [1.165, 1.54) is 17.7 Å². The second-order valence-electron chi connectivity index (χ2n) is 6.82. The topological polar surface area (TPSA) is 87.2 Å². The van der Waals surface area contributed by atoms with Gasteiger partial charge in [0, 0.05) is 22.7 Å². The van der Waals surface area contributed by atoms with E-state index >= 15 is 0 Å². The number of thiophene rings is 1. The molecule has 0 fully saturated rings. The molecule has 3 heterocycles. The molecule has 0 saturated heterocycles. The first-order valence-corrected chi connectivity index (χ1v) is 8.62. The second-order valence-corrected chi connectivity index (χ2v) is 7.82. The van der Waals surface area contributed by atoms with Gasteiger partial charge in [0.1, 0.15) is 18.1 Å². The van der Waals surface area contributed by atoms with Gasteiger partial charge in [-0.15, -0.1) is 11.3 Å². The van der Waals surface area contributed by atoms with E-state index in [0.717, 1.165) is 10.6 Å². The highest BCUT2D eigenvalue weighted by Crippen LogP contribution is 2.23. The molecule has 0 spiro atoms. The van der Waals surface area contributed by atoms with Crippen LogP contribution in [0.25, 0.3) is 5.78 Å². The number of hydrogen-bond acceptors (Lipinski definition) is 6. The van der Waals surface area contributed by atoms with E-state index in [1.54, 1.807) is 34.0 Å². The summed E-state index contributed by atoms with van der Waals surface area (Å²) in [6, 6.07) is 5.67. The Kier molecular flexibility index (Phi) is 4.27. The Hall–Kier alpha value is -2.79. The Bertz CT molecular complexity index is 975. The molecule has 3 aromatic heterocycles. The van der Waals surface area contributed by atoms with E-state index in [-0.39, 0.29) is 11.3 Å². The highest BCUT2D eigenvalue weighted by atomic mass is 32.1. The summed E-state index contributed by atoms with van der Waals surface area (Å²) in [4.78, 5) is 23.8. The van der Waals surface area contributed by atoms with Crippen LogP contribution < -0.4 is 0 Å². The van der Waals surface area contributed by atoms with Gasteiger partial charge in [-0.25, -0.2) is 9.50 Å². The van der Waals surface area contributed by atoms with Gasteiger partial charge in [-0.2, -0.15) is 15.3 Å². The first-order chi connectivity index (χ1) is 11.8. The predicted octanol–water partition coefficient (Wildman–Crippen LogP) is 2.63. The average molecular weight is 354 g/mol. The van der Waals surface area contributed by atoms with Crippen molar-refractivity contribution in [1.29, 1.82) is 5.26 Å². The van der Waals surface area contributed by atoms with Gasteiger partial charge in [-0.05, 0) is 12.1 Å². The molecule has 0 saturated carbocycles. The van der Waals surface area contributed by atoms with E-state index in [4.69, 9.17) is 5.26 Å². The number of carbonyl (C=O) groups is 1. The maximum absolute atomic E-state index is 12.8. The summed E-state index contributed by atoms with van der Waals surface area (Å²) in [7, 11) is 1.72. The van der Waals surface area contributed by atoms with Crippen LogP contribution in [0.5, 0.6) is 0 Å². The zero-order chi connectivity index (χ0) is 18.2. The number of hydrogen-bond donors (Lipinski definition) is 0. The Morgan fingerprint density at radius 1 is 1.40 bits per heavy atom.